The fourth-order valence-electron chi connectivity index (χ4n) is 1.21. The summed E-state index contributed by atoms with van der Waals surface area (Å²) in [6.07, 6.45) is 0. The lowest BCUT2D eigenvalue weighted by molar-refractivity contribution is -0.118. The number of carbonyl (C=O) groups excluding carboxylic acids is 1. The van der Waals surface area contributed by atoms with Gasteiger partial charge in [0.15, 0.2) is 0 Å². The minimum Gasteiger partial charge on any atom is -0.394 e. The van der Waals surface area contributed by atoms with Crippen molar-refractivity contribution in [1.29, 1.82) is 5.26 Å². The van der Waals surface area contributed by atoms with Gasteiger partial charge in [0.25, 0.3) is 0 Å². The predicted octanol–water partition coefficient (Wildman–Crippen LogP) is 1.26. The van der Waals surface area contributed by atoms with Crippen LogP contribution in [0, 0.1) is 11.3 Å². The molecule has 0 aromatic carbocycles. The van der Waals surface area contributed by atoms with E-state index in [1.54, 1.807) is 23.4 Å². The molecule has 0 bridgehead atoms. The van der Waals surface area contributed by atoms with E-state index < -0.39 is 5.54 Å². The lowest BCUT2D eigenvalue weighted by Gasteiger charge is -2.33. The summed E-state index contributed by atoms with van der Waals surface area (Å²) in [6, 6.07) is 3.69. The van der Waals surface area contributed by atoms with Crippen LogP contribution in [0.15, 0.2) is 11.4 Å². The lowest BCUT2D eigenvalue weighted by atomic mass is 10.1. The van der Waals surface area contributed by atoms with E-state index in [9.17, 15) is 9.90 Å². The number of aliphatic hydroxyl groups is 1. The predicted molar refractivity (Wildman–Crippen MR) is 71.5 cm³/mol. The number of hydrogen-bond donors (Lipinski definition) is 2. The van der Waals surface area contributed by atoms with E-state index in [0.717, 1.165) is 0 Å². The molecule has 1 aromatic rings. The highest BCUT2D eigenvalue weighted by molar-refractivity contribution is 7.14. The molecule has 1 aromatic heterocycles. The van der Waals surface area contributed by atoms with Gasteiger partial charge in [-0.2, -0.15) is 5.26 Å². The summed E-state index contributed by atoms with van der Waals surface area (Å²) < 4.78 is 0. The number of nitriles is 1. The molecule has 18 heavy (non-hydrogen) atoms. The molecule has 2 N–H and O–H groups in total. The second-order valence-electron chi connectivity index (χ2n) is 4.65. The highest BCUT2D eigenvalue weighted by Crippen LogP contribution is 2.22. The molecule has 0 radical (unpaired) electrons. The van der Waals surface area contributed by atoms with Gasteiger partial charge in [-0.3, -0.25) is 9.69 Å². The normalized spacial score (nSPS) is 11.3. The number of aliphatic hydroxyl groups excluding tert-OH is 1. The van der Waals surface area contributed by atoms with Crippen molar-refractivity contribution >= 4 is 22.2 Å². The fraction of sp³-hybridized carbons (Fsp3) is 0.500. The first-order chi connectivity index (χ1) is 8.40. The monoisotopic (exact) mass is 267 g/mol. The summed E-state index contributed by atoms with van der Waals surface area (Å²) in [6.45, 7) is 3.84. The first-order valence-electron chi connectivity index (χ1n) is 5.50. The third-order valence-electron chi connectivity index (χ3n) is 2.84. The molecule has 0 aliphatic rings. The Labute approximate surface area is 111 Å². The Kier molecular flexibility index (Phi) is 4.84. The molecule has 1 heterocycles. The van der Waals surface area contributed by atoms with Crippen LogP contribution in [0.3, 0.4) is 0 Å². The van der Waals surface area contributed by atoms with Gasteiger partial charge in [0.1, 0.15) is 11.1 Å². The maximum Gasteiger partial charge on any atom is 0.239 e. The van der Waals surface area contributed by atoms with E-state index in [2.05, 4.69) is 5.32 Å². The van der Waals surface area contributed by atoms with Crippen molar-refractivity contribution < 1.29 is 9.90 Å². The summed E-state index contributed by atoms with van der Waals surface area (Å²) in [4.78, 5) is 13.6. The summed E-state index contributed by atoms with van der Waals surface area (Å²) in [5.74, 6) is -0.196. The maximum atomic E-state index is 11.8. The van der Waals surface area contributed by atoms with Crippen LogP contribution in [0.25, 0.3) is 0 Å². The van der Waals surface area contributed by atoms with Gasteiger partial charge >= 0.3 is 0 Å². The standard InChI is InChI=1S/C12H17N3O2S/c1-12(2,8-16)15(3)7-10(17)14-11-9(6-13)4-5-18-11/h4-5,16H,7-8H2,1-3H3,(H,14,17). The SMILES string of the molecule is CN(CC(=O)Nc1sccc1C#N)C(C)(C)CO. The molecule has 98 valence electrons. The van der Waals surface area contributed by atoms with Crippen molar-refractivity contribution in [3.05, 3.63) is 17.0 Å². The fourth-order valence-corrected chi connectivity index (χ4v) is 1.96. The summed E-state index contributed by atoms with van der Waals surface area (Å²) in [5.41, 5.74) is 0.0163. The third kappa shape index (κ3) is 3.53. The van der Waals surface area contributed by atoms with Gasteiger partial charge in [-0.1, -0.05) is 0 Å². The minimum atomic E-state index is -0.454. The van der Waals surface area contributed by atoms with E-state index in [1.807, 2.05) is 19.9 Å². The largest absolute Gasteiger partial charge is 0.394 e. The van der Waals surface area contributed by atoms with Crippen LogP contribution < -0.4 is 5.32 Å². The molecule has 0 saturated heterocycles. The molecule has 0 fully saturated rings. The molecule has 1 amide bonds. The Morgan fingerprint density at radius 1 is 1.67 bits per heavy atom. The highest BCUT2D eigenvalue weighted by atomic mass is 32.1. The Morgan fingerprint density at radius 2 is 2.33 bits per heavy atom. The van der Waals surface area contributed by atoms with Crippen LogP contribution in [0.4, 0.5) is 5.00 Å². The number of hydrogen-bond acceptors (Lipinski definition) is 5. The van der Waals surface area contributed by atoms with Crippen LogP contribution in [0.1, 0.15) is 19.4 Å². The molecule has 0 spiro atoms. The summed E-state index contributed by atoms with van der Waals surface area (Å²) in [7, 11) is 1.77. The van der Waals surface area contributed by atoms with Gasteiger partial charge in [0.05, 0.1) is 18.7 Å². The van der Waals surface area contributed by atoms with Crippen molar-refractivity contribution in [2.45, 2.75) is 19.4 Å². The second-order valence-corrected chi connectivity index (χ2v) is 5.57. The van der Waals surface area contributed by atoms with Gasteiger partial charge in [-0.05, 0) is 32.3 Å². The first-order valence-corrected chi connectivity index (χ1v) is 6.38. The van der Waals surface area contributed by atoms with E-state index in [0.29, 0.717) is 10.6 Å². The average molecular weight is 267 g/mol. The quantitative estimate of drug-likeness (QED) is 0.842. The molecular weight excluding hydrogens is 250 g/mol. The molecule has 0 aliphatic carbocycles. The van der Waals surface area contributed by atoms with Gasteiger partial charge < -0.3 is 10.4 Å². The number of nitrogens with one attached hydrogen (secondary N) is 1. The molecular formula is C12H17N3O2S. The maximum absolute atomic E-state index is 11.8. The minimum absolute atomic E-state index is 0.0285. The highest BCUT2D eigenvalue weighted by Gasteiger charge is 2.24. The Bertz CT molecular complexity index is 462. The van der Waals surface area contributed by atoms with Gasteiger partial charge in [0.2, 0.25) is 5.91 Å². The Morgan fingerprint density at radius 3 is 2.89 bits per heavy atom. The number of thiophene rings is 1. The van der Waals surface area contributed by atoms with Crippen LogP contribution in [0.5, 0.6) is 0 Å². The van der Waals surface area contributed by atoms with Crippen LogP contribution in [-0.2, 0) is 4.79 Å². The molecule has 0 saturated carbocycles. The third-order valence-corrected chi connectivity index (χ3v) is 3.67. The number of likely N-dealkylation sites (N-methyl/N-ethyl adjacent to an activating group) is 1. The summed E-state index contributed by atoms with van der Waals surface area (Å²) >= 11 is 1.32. The van der Waals surface area contributed by atoms with Gasteiger partial charge in [0, 0.05) is 5.54 Å². The zero-order valence-electron chi connectivity index (χ0n) is 10.7. The van der Waals surface area contributed by atoms with Gasteiger partial charge in [-0.15, -0.1) is 11.3 Å². The Hall–Kier alpha value is -1.42. The number of nitrogens with zero attached hydrogens (tertiary/aromatic N) is 2. The van der Waals surface area contributed by atoms with Crippen LogP contribution in [-0.4, -0.2) is 41.7 Å². The second kappa shape index (κ2) is 5.96. The zero-order valence-corrected chi connectivity index (χ0v) is 11.5. The van der Waals surface area contributed by atoms with Crippen LogP contribution in [0.2, 0.25) is 0 Å². The average Bonchev–Trinajstić information content (AvgIpc) is 2.75. The molecule has 5 nitrogen and oxygen atoms in total. The van der Waals surface area contributed by atoms with Crippen LogP contribution >= 0.6 is 11.3 Å². The molecule has 6 heteroatoms. The Balaban J connectivity index is 2.61. The van der Waals surface area contributed by atoms with E-state index in [-0.39, 0.29) is 19.1 Å². The van der Waals surface area contributed by atoms with Crippen molar-refractivity contribution in [2.75, 3.05) is 25.5 Å². The molecule has 0 unspecified atom stereocenters. The molecule has 0 atom stereocenters. The van der Waals surface area contributed by atoms with E-state index in [4.69, 9.17) is 5.26 Å². The molecule has 1 rings (SSSR count). The van der Waals surface area contributed by atoms with Crippen molar-refractivity contribution in [2.24, 2.45) is 0 Å². The molecule has 0 aliphatic heterocycles. The lowest BCUT2D eigenvalue weighted by Crippen LogP contribution is -2.47. The number of carbonyl (C=O) groups is 1. The number of anilines is 1. The van der Waals surface area contributed by atoms with E-state index in [1.165, 1.54) is 11.3 Å². The summed E-state index contributed by atoms with van der Waals surface area (Å²) in [5, 5.41) is 23.1. The van der Waals surface area contributed by atoms with Crippen molar-refractivity contribution in [3.63, 3.8) is 0 Å². The smallest absolute Gasteiger partial charge is 0.239 e. The van der Waals surface area contributed by atoms with Crippen molar-refractivity contribution in [3.8, 4) is 6.07 Å². The van der Waals surface area contributed by atoms with E-state index >= 15 is 0 Å². The topological polar surface area (TPSA) is 76.4 Å². The number of amides is 1. The van der Waals surface area contributed by atoms with Crippen molar-refractivity contribution in [1.82, 2.24) is 4.90 Å². The zero-order chi connectivity index (χ0) is 13.8. The first kappa shape index (κ1) is 14.6. The number of rotatable bonds is 5. The van der Waals surface area contributed by atoms with Gasteiger partial charge in [-0.25, -0.2) is 0 Å².